The van der Waals surface area contributed by atoms with Crippen LogP contribution >= 0.6 is 0 Å². The Bertz CT molecular complexity index is 1920. The van der Waals surface area contributed by atoms with Gasteiger partial charge in [-0.3, -0.25) is 0 Å². The maximum absolute atomic E-state index is 12.0. The second-order valence-electron chi connectivity index (χ2n) is 22.8. The van der Waals surface area contributed by atoms with Gasteiger partial charge in [0, 0.05) is 12.3 Å². The smallest absolute Gasteiger partial charge is 0.187 e. The summed E-state index contributed by atoms with van der Waals surface area (Å²) in [5.74, 6) is 2.37. The molecule has 0 amide bonds. The molecular weight excluding hydrogens is 953 g/mol. The number of aliphatic hydroxyl groups is 13. The molecule has 5 heterocycles. The van der Waals surface area contributed by atoms with Crippen molar-refractivity contribution in [3.8, 4) is 0 Å². The summed E-state index contributed by atoms with van der Waals surface area (Å²) in [6.45, 7) is 8.41. The highest BCUT2D eigenvalue weighted by Gasteiger charge is 2.64. The van der Waals surface area contributed by atoms with Crippen LogP contribution in [0.25, 0.3) is 0 Å². The van der Waals surface area contributed by atoms with Crippen LogP contribution in [-0.2, 0) is 42.6 Å². The Morgan fingerprint density at radius 1 is 0.653 bits per heavy atom. The molecule has 3 saturated carbocycles. The monoisotopic (exact) mass is 1030 g/mol. The molecule has 0 aromatic rings. The Morgan fingerprint density at radius 3 is 1.89 bits per heavy atom. The fourth-order valence-corrected chi connectivity index (χ4v) is 14.3. The summed E-state index contributed by atoms with van der Waals surface area (Å²) in [4.78, 5) is 0. The van der Waals surface area contributed by atoms with Crippen molar-refractivity contribution in [3.05, 3.63) is 23.0 Å². The van der Waals surface area contributed by atoms with Crippen molar-refractivity contribution >= 4 is 0 Å². The van der Waals surface area contributed by atoms with Crippen LogP contribution in [0.5, 0.6) is 0 Å². The van der Waals surface area contributed by atoms with Gasteiger partial charge in [-0.2, -0.15) is 0 Å². The van der Waals surface area contributed by atoms with E-state index in [1.807, 2.05) is 0 Å². The molecule has 0 radical (unpaired) electrons. The SMILES string of the molecule is CC1=C(CC[C@H](O)CO[C@@H]2O[C@H](CO)[C@@H](O)[C@H](O)[C@H]2O)O[C@H]2C[C@H]3[C@@H]4CC=C5C[C@@H](O[C@@H]6O[C@H](CO)[C@@H](O[C@@H]7O[C@@H](C)[C@H](O)[C@@H](O)[C@H]7O)[C@H](O)[C@H]6O[C@@H]6O[C@@H](C)[C@H](O)[C@@H](O)[C@H]6O)CC[C@]5(C)[C@H]4CC[C@]3(C)[C@@H]12. The number of hydrogen-bond acceptors (Lipinski definition) is 22. The fraction of sp³-hybridized carbons (Fsp3) is 0.920. The van der Waals surface area contributed by atoms with E-state index in [0.717, 1.165) is 37.9 Å². The van der Waals surface area contributed by atoms with Crippen LogP contribution in [-0.4, -0.2) is 227 Å². The quantitative estimate of drug-likeness (QED) is 0.0814. The third-order valence-electron chi connectivity index (χ3n) is 18.6. The minimum atomic E-state index is -1.75. The third-order valence-corrected chi connectivity index (χ3v) is 18.6. The minimum absolute atomic E-state index is 0.00552. The van der Waals surface area contributed by atoms with Crippen molar-refractivity contribution < 1.29 is 109 Å². The summed E-state index contributed by atoms with van der Waals surface area (Å²) < 4.78 is 54.3. The predicted octanol–water partition coefficient (Wildman–Crippen LogP) is -2.31. The molecule has 7 fully saturated rings. The molecule has 9 aliphatic rings. The van der Waals surface area contributed by atoms with Crippen molar-refractivity contribution in [1.82, 2.24) is 0 Å². The largest absolute Gasteiger partial charge is 0.494 e. The van der Waals surface area contributed by atoms with Crippen LogP contribution in [0.2, 0.25) is 0 Å². The maximum Gasteiger partial charge on any atom is 0.187 e. The standard InChI is InChI=1S/C50H80O22/c1-19-28(9-7-23(53)18-64-45-39(60)38(59)35(56)30(16-51)69-45)68-29-15-27-25-8-6-22-14-24(10-12-49(22,4)26(25)11-13-50(27,5)32(19)29)67-48-44(72-47-41(62)37(58)34(55)21(3)66-47)42(63)43(31(17-52)70-48)71-46-40(61)36(57)33(54)20(2)65-46/h6,20-21,23-27,29-48,51-63H,7-18H2,1-5H3/t20-,21-,23-,24-,25+,26-,27-,29-,30+,31+,32-,33-,34-,35+,36+,37+,38-,39+,40+,41+,42-,43+,44+,45+,46-,47-,48+,49-,50-/m0/s1. The molecule has 72 heavy (non-hydrogen) atoms. The first-order valence-electron chi connectivity index (χ1n) is 26.1. The maximum atomic E-state index is 12.0. The molecule has 4 saturated heterocycles. The van der Waals surface area contributed by atoms with Crippen LogP contribution in [0.4, 0.5) is 0 Å². The van der Waals surface area contributed by atoms with Crippen molar-refractivity contribution in [3.63, 3.8) is 0 Å². The lowest BCUT2D eigenvalue weighted by Crippen LogP contribution is -2.66. The minimum Gasteiger partial charge on any atom is -0.494 e. The van der Waals surface area contributed by atoms with Crippen molar-refractivity contribution in [2.24, 2.45) is 34.5 Å². The zero-order valence-corrected chi connectivity index (χ0v) is 41.6. The highest BCUT2D eigenvalue weighted by atomic mass is 16.8. The van der Waals surface area contributed by atoms with Crippen LogP contribution < -0.4 is 0 Å². The van der Waals surface area contributed by atoms with E-state index in [0.29, 0.717) is 43.4 Å². The van der Waals surface area contributed by atoms with Gasteiger partial charge in [-0.1, -0.05) is 25.5 Å². The normalized spacial score (nSPS) is 52.9. The molecule has 22 nitrogen and oxygen atoms in total. The van der Waals surface area contributed by atoms with E-state index >= 15 is 0 Å². The Kier molecular flexibility index (Phi) is 16.6. The third kappa shape index (κ3) is 9.89. The van der Waals surface area contributed by atoms with Crippen LogP contribution in [0.15, 0.2) is 23.0 Å². The molecule has 412 valence electrons. The topological polar surface area (TPSA) is 346 Å². The summed E-state index contributed by atoms with van der Waals surface area (Å²) in [7, 11) is 0. The van der Waals surface area contributed by atoms with Gasteiger partial charge in [0.25, 0.3) is 0 Å². The fourth-order valence-electron chi connectivity index (χ4n) is 14.3. The molecule has 29 atom stereocenters. The van der Waals surface area contributed by atoms with Crippen molar-refractivity contribution in [2.75, 3.05) is 19.8 Å². The van der Waals surface area contributed by atoms with E-state index in [1.165, 1.54) is 25.0 Å². The number of fused-ring (bicyclic) bond motifs is 7. The molecular formula is C50H80O22. The lowest BCUT2D eigenvalue weighted by atomic mass is 9.47. The molecule has 0 unspecified atom stereocenters. The molecule has 9 rings (SSSR count). The highest BCUT2D eigenvalue weighted by Crippen LogP contribution is 2.69. The summed E-state index contributed by atoms with van der Waals surface area (Å²) in [5, 5.41) is 137. The molecule has 5 aliphatic heterocycles. The van der Waals surface area contributed by atoms with Gasteiger partial charge in [-0.05, 0) is 106 Å². The second kappa shape index (κ2) is 21.7. The van der Waals surface area contributed by atoms with E-state index in [4.69, 9.17) is 42.6 Å². The Hall–Kier alpha value is -1.56. The van der Waals surface area contributed by atoms with Crippen molar-refractivity contribution in [2.45, 2.75) is 234 Å². The summed E-state index contributed by atoms with van der Waals surface area (Å²) in [6, 6.07) is 0. The van der Waals surface area contributed by atoms with Crippen LogP contribution in [0.3, 0.4) is 0 Å². The molecule has 0 aromatic carbocycles. The summed E-state index contributed by atoms with van der Waals surface area (Å²) in [6.07, 6.45) is -21.4. The van der Waals surface area contributed by atoms with Crippen LogP contribution in [0, 0.1) is 34.5 Å². The molecule has 22 heteroatoms. The lowest BCUT2D eigenvalue weighted by Gasteiger charge is -2.58. The molecule has 4 aliphatic carbocycles. The predicted molar refractivity (Wildman–Crippen MR) is 244 cm³/mol. The van der Waals surface area contributed by atoms with Gasteiger partial charge in [-0.15, -0.1) is 0 Å². The van der Waals surface area contributed by atoms with Gasteiger partial charge in [-0.25, -0.2) is 0 Å². The molecule has 0 spiro atoms. The highest BCUT2D eigenvalue weighted by molar-refractivity contribution is 5.30. The zero-order valence-electron chi connectivity index (χ0n) is 41.6. The number of rotatable bonds is 14. The average Bonchev–Trinajstić information content (AvgIpc) is 3.85. The van der Waals surface area contributed by atoms with Crippen molar-refractivity contribution in [1.29, 1.82) is 0 Å². The molecule has 0 aromatic heterocycles. The van der Waals surface area contributed by atoms with E-state index in [2.05, 4.69) is 26.8 Å². The number of allylic oxidation sites excluding steroid dienone is 2. The first kappa shape index (κ1) is 55.2. The lowest BCUT2D eigenvalue weighted by molar-refractivity contribution is -0.388. The number of hydrogen-bond donors (Lipinski definition) is 13. The van der Waals surface area contributed by atoms with E-state index in [1.54, 1.807) is 0 Å². The van der Waals surface area contributed by atoms with E-state index < -0.39 is 148 Å². The van der Waals surface area contributed by atoms with Gasteiger partial charge in [0.1, 0.15) is 91.6 Å². The van der Waals surface area contributed by atoms with Gasteiger partial charge in [0.15, 0.2) is 25.2 Å². The van der Waals surface area contributed by atoms with E-state index in [-0.39, 0.29) is 29.5 Å². The van der Waals surface area contributed by atoms with Gasteiger partial charge < -0.3 is 109 Å². The van der Waals surface area contributed by atoms with E-state index in [9.17, 15) is 66.4 Å². The number of ether oxygens (including phenoxy) is 9. The first-order valence-corrected chi connectivity index (χ1v) is 26.1. The van der Waals surface area contributed by atoms with Gasteiger partial charge in [0.05, 0.1) is 50.0 Å². The Labute approximate surface area is 419 Å². The average molecular weight is 1030 g/mol. The van der Waals surface area contributed by atoms with Gasteiger partial charge in [0.2, 0.25) is 0 Å². The molecule has 13 N–H and O–H groups in total. The summed E-state index contributed by atoms with van der Waals surface area (Å²) in [5.41, 5.74) is 2.37. The Balaban J connectivity index is 0.849. The summed E-state index contributed by atoms with van der Waals surface area (Å²) >= 11 is 0. The first-order chi connectivity index (χ1) is 34.1. The Morgan fingerprint density at radius 2 is 1.25 bits per heavy atom. The zero-order chi connectivity index (χ0) is 51.9. The van der Waals surface area contributed by atoms with Gasteiger partial charge >= 0.3 is 0 Å². The van der Waals surface area contributed by atoms with Crippen LogP contribution in [0.1, 0.15) is 92.4 Å². The second-order valence-corrected chi connectivity index (χ2v) is 22.8. The molecule has 0 bridgehead atoms. The number of aliphatic hydroxyl groups excluding tert-OH is 13.